The van der Waals surface area contributed by atoms with Crippen LogP contribution in [-0.4, -0.2) is 36.3 Å². The van der Waals surface area contributed by atoms with Crippen molar-refractivity contribution >= 4 is 23.7 Å². The summed E-state index contributed by atoms with van der Waals surface area (Å²) in [6.07, 6.45) is 9.89. The number of amides is 2. The van der Waals surface area contributed by atoms with Crippen LogP contribution in [0.3, 0.4) is 0 Å². The van der Waals surface area contributed by atoms with Gasteiger partial charge in [0.1, 0.15) is 5.71 Å². The van der Waals surface area contributed by atoms with E-state index in [-0.39, 0.29) is 5.91 Å². The zero-order valence-corrected chi connectivity index (χ0v) is 14.1. The zero-order chi connectivity index (χ0) is 17.5. The molecule has 0 aliphatic carbocycles. The molecule has 1 unspecified atom stereocenters. The molecule has 0 saturated carbocycles. The third-order valence-electron chi connectivity index (χ3n) is 3.15. The molecule has 0 fully saturated rings. The molecule has 0 saturated heterocycles. The third kappa shape index (κ3) is 11.1. The monoisotopic (exact) mass is 323 g/mol. The lowest BCUT2D eigenvalue weighted by molar-refractivity contribution is -0.121. The van der Waals surface area contributed by atoms with Gasteiger partial charge in [-0.2, -0.15) is 5.10 Å². The molecule has 7 heteroatoms. The number of nitrogens with two attached hydrogens (primary N) is 2. The Morgan fingerprint density at radius 1 is 1.17 bits per heavy atom. The molecule has 0 aromatic carbocycles. The number of hydrazone groups is 1. The van der Waals surface area contributed by atoms with Crippen LogP contribution in [0.25, 0.3) is 0 Å². The Labute approximate surface area is 138 Å². The smallest absolute Gasteiger partial charge is 0.241 e. The van der Waals surface area contributed by atoms with Crippen molar-refractivity contribution < 1.29 is 9.59 Å². The first-order valence-electron chi connectivity index (χ1n) is 8.09. The SMILES string of the molecule is CCCCCCCC(=O)NC(/C=C/C(N)=O)/C(C=NCC)=N/N. The molecule has 0 aromatic rings. The van der Waals surface area contributed by atoms with Crippen LogP contribution in [0.5, 0.6) is 0 Å². The Kier molecular flexibility index (Phi) is 12.2. The van der Waals surface area contributed by atoms with Crippen LogP contribution in [0.1, 0.15) is 52.4 Å². The zero-order valence-electron chi connectivity index (χ0n) is 14.1. The molecule has 5 N–H and O–H groups in total. The molecule has 0 rings (SSSR count). The van der Waals surface area contributed by atoms with E-state index in [2.05, 4.69) is 22.3 Å². The summed E-state index contributed by atoms with van der Waals surface area (Å²) >= 11 is 0. The lowest BCUT2D eigenvalue weighted by Gasteiger charge is -2.14. The Balaban J connectivity index is 4.65. The quantitative estimate of drug-likeness (QED) is 0.165. The summed E-state index contributed by atoms with van der Waals surface area (Å²) in [6.45, 7) is 4.58. The van der Waals surface area contributed by atoms with E-state index >= 15 is 0 Å². The van der Waals surface area contributed by atoms with Crippen LogP contribution in [0.15, 0.2) is 22.2 Å². The first-order valence-corrected chi connectivity index (χ1v) is 8.09. The van der Waals surface area contributed by atoms with E-state index in [9.17, 15) is 9.59 Å². The Bertz CT molecular complexity index is 444. The Hall–Kier alpha value is -2.18. The van der Waals surface area contributed by atoms with Gasteiger partial charge in [-0.15, -0.1) is 0 Å². The van der Waals surface area contributed by atoms with Gasteiger partial charge in [0.25, 0.3) is 0 Å². The standard InChI is InChI=1S/C16H29N5O2/c1-3-5-6-7-8-9-16(23)20-13(10-11-15(17)22)14(21-18)12-19-4-2/h10-13H,3-9,18H2,1-2H3,(H2,17,22)(H,20,23)/b11-10+,19-12?,21-14+. The summed E-state index contributed by atoms with van der Waals surface area (Å²) in [4.78, 5) is 27.0. The van der Waals surface area contributed by atoms with Gasteiger partial charge < -0.3 is 16.9 Å². The number of hydrogen-bond donors (Lipinski definition) is 3. The predicted molar refractivity (Wildman–Crippen MR) is 94.3 cm³/mol. The average molecular weight is 323 g/mol. The minimum atomic E-state index is -0.619. The van der Waals surface area contributed by atoms with Crippen LogP contribution in [-0.2, 0) is 9.59 Å². The normalized spacial score (nSPS) is 13.6. The molecule has 0 radical (unpaired) electrons. The summed E-state index contributed by atoms with van der Waals surface area (Å²) in [5.41, 5.74) is 5.46. The lowest BCUT2D eigenvalue weighted by atomic mass is 10.1. The van der Waals surface area contributed by atoms with Crippen LogP contribution < -0.4 is 16.9 Å². The van der Waals surface area contributed by atoms with E-state index in [1.165, 1.54) is 31.2 Å². The van der Waals surface area contributed by atoms with Crippen LogP contribution >= 0.6 is 0 Å². The van der Waals surface area contributed by atoms with Gasteiger partial charge in [-0.05, 0) is 13.3 Å². The van der Waals surface area contributed by atoms with Gasteiger partial charge in [-0.1, -0.05) is 38.7 Å². The van der Waals surface area contributed by atoms with Crippen molar-refractivity contribution in [3.05, 3.63) is 12.2 Å². The number of primary amides is 1. The van der Waals surface area contributed by atoms with Crippen molar-refractivity contribution in [3.63, 3.8) is 0 Å². The summed E-state index contributed by atoms with van der Waals surface area (Å²) < 4.78 is 0. The van der Waals surface area contributed by atoms with Crippen LogP contribution in [0, 0.1) is 0 Å². The van der Waals surface area contributed by atoms with E-state index in [0.717, 1.165) is 19.3 Å². The molecule has 1 atom stereocenters. The van der Waals surface area contributed by atoms with Gasteiger partial charge in [0.2, 0.25) is 11.8 Å². The number of nitrogens with one attached hydrogen (secondary N) is 1. The van der Waals surface area contributed by atoms with E-state index in [4.69, 9.17) is 11.6 Å². The third-order valence-corrected chi connectivity index (χ3v) is 3.15. The first kappa shape index (κ1) is 20.8. The van der Waals surface area contributed by atoms with Crippen LogP contribution in [0.2, 0.25) is 0 Å². The van der Waals surface area contributed by atoms with Crippen molar-refractivity contribution in [1.29, 1.82) is 0 Å². The molecule has 2 amide bonds. The number of unbranched alkanes of at least 4 members (excludes halogenated alkanes) is 4. The fourth-order valence-corrected chi connectivity index (χ4v) is 1.93. The maximum atomic E-state index is 12.0. The summed E-state index contributed by atoms with van der Waals surface area (Å²) in [5, 5.41) is 6.41. The molecule has 0 spiro atoms. The second-order valence-corrected chi connectivity index (χ2v) is 5.15. The Morgan fingerprint density at radius 2 is 1.87 bits per heavy atom. The molecule has 23 heavy (non-hydrogen) atoms. The molecule has 0 aromatic heterocycles. The van der Waals surface area contributed by atoms with Gasteiger partial charge >= 0.3 is 0 Å². The largest absolute Gasteiger partial charge is 0.366 e. The van der Waals surface area contributed by atoms with E-state index in [1.54, 1.807) is 0 Å². The van der Waals surface area contributed by atoms with Gasteiger partial charge in [-0.25, -0.2) is 0 Å². The summed E-state index contributed by atoms with van der Waals surface area (Å²) in [6, 6.07) is -0.619. The number of rotatable bonds is 12. The maximum absolute atomic E-state index is 12.0. The van der Waals surface area contributed by atoms with Gasteiger partial charge in [-0.3, -0.25) is 14.6 Å². The molecule has 0 aliphatic heterocycles. The molecule has 0 aliphatic rings. The van der Waals surface area contributed by atoms with Crippen molar-refractivity contribution in [2.24, 2.45) is 21.7 Å². The maximum Gasteiger partial charge on any atom is 0.241 e. The molecular formula is C16H29N5O2. The Morgan fingerprint density at radius 3 is 2.43 bits per heavy atom. The molecule has 0 heterocycles. The fourth-order valence-electron chi connectivity index (χ4n) is 1.93. The average Bonchev–Trinajstić information content (AvgIpc) is 2.52. The first-order chi connectivity index (χ1) is 11.0. The molecular weight excluding hydrogens is 294 g/mol. The topological polar surface area (TPSA) is 123 Å². The highest BCUT2D eigenvalue weighted by atomic mass is 16.2. The van der Waals surface area contributed by atoms with E-state index in [0.29, 0.717) is 18.7 Å². The highest BCUT2D eigenvalue weighted by molar-refractivity contribution is 6.34. The van der Waals surface area contributed by atoms with Crippen molar-refractivity contribution in [1.82, 2.24) is 5.32 Å². The molecule has 130 valence electrons. The second-order valence-electron chi connectivity index (χ2n) is 5.15. The van der Waals surface area contributed by atoms with Crippen molar-refractivity contribution in [3.8, 4) is 0 Å². The lowest BCUT2D eigenvalue weighted by Crippen LogP contribution is -2.40. The fraction of sp³-hybridized carbons (Fsp3) is 0.625. The minimum absolute atomic E-state index is 0.119. The van der Waals surface area contributed by atoms with Gasteiger partial charge in [0.05, 0.1) is 6.04 Å². The number of carbonyl (C=O) groups is 2. The van der Waals surface area contributed by atoms with E-state index in [1.807, 2.05) is 6.92 Å². The van der Waals surface area contributed by atoms with Crippen molar-refractivity contribution in [2.75, 3.05) is 6.54 Å². The van der Waals surface area contributed by atoms with Crippen molar-refractivity contribution in [2.45, 2.75) is 58.4 Å². The van der Waals surface area contributed by atoms with Gasteiger partial charge in [0, 0.05) is 25.3 Å². The van der Waals surface area contributed by atoms with E-state index < -0.39 is 11.9 Å². The number of hydrogen-bond acceptors (Lipinski definition) is 5. The predicted octanol–water partition coefficient (Wildman–Crippen LogP) is 1.28. The second kappa shape index (κ2) is 13.5. The minimum Gasteiger partial charge on any atom is -0.366 e. The highest BCUT2D eigenvalue weighted by Gasteiger charge is 2.14. The van der Waals surface area contributed by atoms with Gasteiger partial charge in [0.15, 0.2) is 0 Å². The highest BCUT2D eigenvalue weighted by Crippen LogP contribution is 2.05. The summed E-state index contributed by atoms with van der Waals surface area (Å²) in [5.74, 6) is 4.62. The van der Waals surface area contributed by atoms with Crippen LogP contribution in [0.4, 0.5) is 0 Å². The number of nitrogens with zero attached hydrogens (tertiary/aromatic N) is 2. The molecule has 0 bridgehead atoms. The number of carbonyl (C=O) groups excluding carboxylic acids is 2. The summed E-state index contributed by atoms with van der Waals surface area (Å²) in [7, 11) is 0. The number of aliphatic imine (C=N–C) groups is 1. The molecule has 7 nitrogen and oxygen atoms in total.